The molecular formula is C28H39N3O3. The number of methoxy groups -OCH3 is 1. The van der Waals surface area contributed by atoms with E-state index in [4.69, 9.17) is 4.74 Å². The summed E-state index contributed by atoms with van der Waals surface area (Å²) in [5, 5.41) is 16.6. The second-order valence-electron chi connectivity index (χ2n) is 12.2. The van der Waals surface area contributed by atoms with Gasteiger partial charge in [0.25, 0.3) is 0 Å². The Morgan fingerprint density at radius 3 is 2.82 bits per heavy atom. The maximum Gasteiger partial charge on any atom is 0.157 e. The molecule has 1 N–H and O–H groups in total. The third-order valence-electron chi connectivity index (χ3n) is 10.6. The quantitative estimate of drug-likeness (QED) is 0.696. The molecule has 4 aliphatic rings. The molecule has 0 aromatic carbocycles. The second kappa shape index (κ2) is 8.41. The fourth-order valence-corrected chi connectivity index (χ4v) is 9.16. The molecule has 0 saturated heterocycles. The van der Waals surface area contributed by atoms with Crippen LogP contribution in [-0.2, 0) is 16.1 Å². The molecule has 4 saturated carbocycles. The first-order valence-electron chi connectivity index (χ1n) is 13.4. The molecule has 0 amide bonds. The highest BCUT2D eigenvalue weighted by Crippen LogP contribution is 2.64. The molecule has 184 valence electrons. The van der Waals surface area contributed by atoms with Gasteiger partial charge in [-0.15, -0.1) is 0 Å². The van der Waals surface area contributed by atoms with Gasteiger partial charge in [0.15, 0.2) is 5.78 Å². The first-order valence-corrected chi connectivity index (χ1v) is 13.4. The van der Waals surface area contributed by atoms with Crippen molar-refractivity contribution in [2.75, 3.05) is 13.7 Å². The predicted molar refractivity (Wildman–Crippen MR) is 130 cm³/mol. The summed E-state index contributed by atoms with van der Waals surface area (Å²) in [4.78, 5) is 17.7. The van der Waals surface area contributed by atoms with E-state index >= 15 is 0 Å². The van der Waals surface area contributed by atoms with Crippen LogP contribution in [0.3, 0.4) is 0 Å². The summed E-state index contributed by atoms with van der Waals surface area (Å²) in [6.45, 7) is 3.27. The van der Waals surface area contributed by atoms with Crippen molar-refractivity contribution < 1.29 is 14.6 Å². The minimum atomic E-state index is -0.621. The molecule has 0 aliphatic heterocycles. The number of ether oxygens (including phenoxy) is 1. The zero-order valence-corrected chi connectivity index (χ0v) is 20.7. The van der Waals surface area contributed by atoms with Crippen molar-refractivity contribution in [2.24, 2.45) is 40.9 Å². The molecule has 6 heteroatoms. The molecule has 8 atom stereocenters. The number of carbonyl (C=O) groups excluding carboxylic acids is 1. The van der Waals surface area contributed by atoms with E-state index in [9.17, 15) is 9.90 Å². The zero-order chi connectivity index (χ0) is 23.5. The number of hydrogen-bond donors (Lipinski definition) is 1. The Kier molecular flexibility index (Phi) is 5.60. The van der Waals surface area contributed by atoms with Crippen LogP contribution in [0.2, 0.25) is 0 Å². The molecule has 6 rings (SSSR count). The molecule has 2 aromatic heterocycles. The Morgan fingerprint density at radius 2 is 2.00 bits per heavy atom. The summed E-state index contributed by atoms with van der Waals surface area (Å²) < 4.78 is 7.17. The van der Waals surface area contributed by atoms with E-state index in [2.05, 4.69) is 17.0 Å². The van der Waals surface area contributed by atoms with E-state index in [1.165, 1.54) is 32.1 Å². The Bertz CT molecular complexity index is 1040. The van der Waals surface area contributed by atoms with Crippen molar-refractivity contribution in [3.8, 4) is 0 Å². The van der Waals surface area contributed by atoms with E-state index in [0.717, 1.165) is 54.3 Å². The number of carbonyl (C=O) groups is 1. The van der Waals surface area contributed by atoms with E-state index in [-0.39, 0.29) is 11.3 Å². The number of pyridine rings is 1. The third-order valence-corrected chi connectivity index (χ3v) is 10.6. The molecule has 0 spiro atoms. The van der Waals surface area contributed by atoms with E-state index in [1.807, 2.05) is 16.9 Å². The monoisotopic (exact) mass is 465 g/mol. The van der Waals surface area contributed by atoms with Crippen LogP contribution in [0.5, 0.6) is 0 Å². The smallest absolute Gasteiger partial charge is 0.157 e. The van der Waals surface area contributed by atoms with E-state index < -0.39 is 5.60 Å². The summed E-state index contributed by atoms with van der Waals surface area (Å²) in [5.74, 6) is 4.11. The van der Waals surface area contributed by atoms with Crippen molar-refractivity contribution in [1.82, 2.24) is 14.8 Å². The van der Waals surface area contributed by atoms with Gasteiger partial charge < -0.3 is 9.84 Å². The molecule has 2 heterocycles. The molecule has 2 unspecified atom stereocenters. The average Bonchev–Trinajstić information content (AvgIpc) is 3.38. The van der Waals surface area contributed by atoms with Crippen molar-refractivity contribution in [1.29, 1.82) is 0 Å². The van der Waals surface area contributed by atoms with Gasteiger partial charge in [0.1, 0.15) is 5.52 Å². The summed E-state index contributed by atoms with van der Waals surface area (Å²) in [5.41, 5.74) is 0.363. The Balaban J connectivity index is 1.16. The first kappa shape index (κ1) is 22.7. The molecule has 0 bridgehead atoms. The molecule has 34 heavy (non-hydrogen) atoms. The topological polar surface area (TPSA) is 77.2 Å². The van der Waals surface area contributed by atoms with Gasteiger partial charge in [-0.25, -0.2) is 0 Å². The van der Waals surface area contributed by atoms with Crippen molar-refractivity contribution in [3.63, 3.8) is 0 Å². The SMILES string of the molecule is COC[C@@]1(O)CCC2[C@@H](CC[C@@H]3[C@@H]2CCC2(C)[C@@H](C(=O)Cn4cc5ccncc5n4)CC[C@@H]32)C1. The molecule has 2 aromatic rings. The highest BCUT2D eigenvalue weighted by molar-refractivity contribution is 5.83. The maximum atomic E-state index is 13.6. The van der Waals surface area contributed by atoms with E-state index in [1.54, 1.807) is 19.5 Å². The number of aromatic nitrogens is 3. The summed E-state index contributed by atoms with van der Waals surface area (Å²) in [6.07, 6.45) is 15.6. The lowest BCUT2D eigenvalue weighted by atomic mass is 9.49. The first-order chi connectivity index (χ1) is 16.4. The van der Waals surface area contributed by atoms with Crippen molar-refractivity contribution in [2.45, 2.75) is 76.9 Å². The number of rotatable bonds is 5. The summed E-state index contributed by atoms with van der Waals surface area (Å²) >= 11 is 0. The zero-order valence-electron chi connectivity index (χ0n) is 20.7. The van der Waals surface area contributed by atoms with Crippen LogP contribution in [-0.4, -0.2) is 45.0 Å². The number of fused-ring (bicyclic) bond motifs is 6. The van der Waals surface area contributed by atoms with Crippen LogP contribution < -0.4 is 0 Å². The number of aliphatic hydroxyl groups is 1. The van der Waals surface area contributed by atoms with Crippen LogP contribution in [0.25, 0.3) is 10.9 Å². The van der Waals surface area contributed by atoms with Gasteiger partial charge in [0.05, 0.1) is 24.9 Å². The minimum absolute atomic E-state index is 0.130. The number of nitrogens with zero attached hydrogens (tertiary/aromatic N) is 3. The second-order valence-corrected chi connectivity index (χ2v) is 12.2. The van der Waals surface area contributed by atoms with E-state index in [0.29, 0.717) is 30.8 Å². The fourth-order valence-electron chi connectivity index (χ4n) is 9.16. The standard InChI is InChI=1S/C28H39N3O3/c1-27-10-7-21-20-8-11-28(33,17-34-2)13-18(20)3-4-22(21)23(27)5-6-24(27)26(32)16-31-15-19-9-12-29-14-25(19)30-31/h9,12,14-15,18,20-24,33H,3-8,10-11,13,16-17H2,1-2H3/t18-,20?,21+,22+,23-,24+,27?,28+/m0/s1. The van der Waals surface area contributed by atoms with Gasteiger partial charge >= 0.3 is 0 Å². The van der Waals surface area contributed by atoms with Crippen LogP contribution in [0.15, 0.2) is 24.7 Å². The predicted octanol–water partition coefficient (Wildman–Crippen LogP) is 4.65. The fraction of sp³-hybridized carbons (Fsp3) is 0.750. The Morgan fingerprint density at radius 1 is 1.15 bits per heavy atom. The van der Waals surface area contributed by atoms with Gasteiger partial charge in [-0.2, -0.15) is 5.10 Å². The van der Waals surface area contributed by atoms with Crippen molar-refractivity contribution >= 4 is 16.7 Å². The van der Waals surface area contributed by atoms with Gasteiger partial charge in [0.2, 0.25) is 0 Å². The molecule has 0 radical (unpaired) electrons. The van der Waals surface area contributed by atoms with Crippen LogP contribution in [0, 0.1) is 40.9 Å². The lowest BCUT2D eigenvalue weighted by Gasteiger charge is -2.57. The van der Waals surface area contributed by atoms with Crippen LogP contribution in [0.4, 0.5) is 0 Å². The van der Waals surface area contributed by atoms with Gasteiger partial charge in [-0.05, 0) is 98.9 Å². The van der Waals surface area contributed by atoms with Gasteiger partial charge in [-0.3, -0.25) is 14.5 Å². The number of hydrogen-bond acceptors (Lipinski definition) is 5. The average molecular weight is 466 g/mol. The minimum Gasteiger partial charge on any atom is -0.387 e. The molecule has 4 fully saturated rings. The van der Waals surface area contributed by atoms with Crippen LogP contribution >= 0.6 is 0 Å². The lowest BCUT2D eigenvalue weighted by Crippen LogP contribution is -2.52. The largest absolute Gasteiger partial charge is 0.387 e. The normalized spacial score (nSPS) is 41.6. The maximum absolute atomic E-state index is 13.6. The van der Waals surface area contributed by atoms with Gasteiger partial charge in [0, 0.05) is 30.8 Å². The Labute approximate surface area is 202 Å². The van der Waals surface area contributed by atoms with Crippen molar-refractivity contribution in [3.05, 3.63) is 24.7 Å². The Hall–Kier alpha value is -1.79. The summed E-state index contributed by atoms with van der Waals surface area (Å²) in [6, 6.07) is 1.95. The molecular weight excluding hydrogens is 426 g/mol. The molecule has 6 nitrogen and oxygen atoms in total. The highest BCUT2D eigenvalue weighted by Gasteiger charge is 2.59. The van der Waals surface area contributed by atoms with Crippen LogP contribution in [0.1, 0.15) is 64.7 Å². The number of ketones is 1. The highest BCUT2D eigenvalue weighted by atomic mass is 16.5. The lowest BCUT2D eigenvalue weighted by molar-refractivity contribution is -0.136. The number of Topliss-reactive ketones (excluding diaryl/α,β-unsaturated/α-hetero) is 1. The summed E-state index contributed by atoms with van der Waals surface area (Å²) in [7, 11) is 1.70. The molecule has 4 aliphatic carbocycles. The van der Waals surface area contributed by atoms with Gasteiger partial charge in [-0.1, -0.05) is 6.92 Å². The third kappa shape index (κ3) is 3.63.